The average Bonchev–Trinajstić information content (AvgIpc) is 2.30. The lowest BCUT2D eigenvalue weighted by atomic mass is 10.1. The molecule has 2 nitrogen and oxygen atoms in total. The summed E-state index contributed by atoms with van der Waals surface area (Å²) in [4.78, 5) is 5.09. The minimum Gasteiger partial charge on any atom is -0.397 e. The normalized spacial score (nSPS) is 10.5. The molecule has 0 aliphatic carbocycles. The molecule has 0 unspecified atom stereocenters. The Morgan fingerprint density at radius 1 is 1.29 bits per heavy atom. The number of rotatable bonds is 3. The number of nitrogen functional groups attached to an aromatic ring is 1. The second-order valence-electron chi connectivity index (χ2n) is 3.75. The van der Waals surface area contributed by atoms with Gasteiger partial charge < -0.3 is 5.73 Å². The fourth-order valence-electron chi connectivity index (χ4n) is 1.51. The summed E-state index contributed by atoms with van der Waals surface area (Å²) in [6, 6.07) is 8.39. The van der Waals surface area contributed by atoms with Gasteiger partial charge in [-0.15, -0.1) is 11.8 Å². The van der Waals surface area contributed by atoms with Gasteiger partial charge in [-0.2, -0.15) is 0 Å². The molecule has 0 aliphatic heterocycles. The van der Waals surface area contributed by atoms with Crippen LogP contribution in [0.4, 0.5) is 5.69 Å². The van der Waals surface area contributed by atoms with E-state index in [2.05, 4.69) is 52.1 Å². The van der Waals surface area contributed by atoms with E-state index in [9.17, 15) is 0 Å². The summed E-state index contributed by atoms with van der Waals surface area (Å²) in [6.07, 6.45) is 3.46. The highest BCUT2D eigenvalue weighted by Crippen LogP contribution is 2.34. The third kappa shape index (κ3) is 3.01. The van der Waals surface area contributed by atoms with Crippen molar-refractivity contribution < 1.29 is 0 Å². The quantitative estimate of drug-likeness (QED) is 0.870. The Labute approximate surface area is 114 Å². The van der Waals surface area contributed by atoms with Crippen LogP contribution < -0.4 is 5.73 Å². The average molecular weight is 309 g/mol. The van der Waals surface area contributed by atoms with Crippen molar-refractivity contribution in [3.05, 3.63) is 52.3 Å². The second-order valence-corrected chi connectivity index (χ2v) is 5.59. The first-order valence-corrected chi connectivity index (χ1v) is 7.02. The molecule has 1 heterocycles. The third-order valence-corrected chi connectivity index (χ3v) is 4.58. The number of aromatic nitrogens is 1. The monoisotopic (exact) mass is 308 g/mol. The van der Waals surface area contributed by atoms with Crippen LogP contribution in [0.15, 0.2) is 46.0 Å². The number of hydrogen-bond donors (Lipinski definition) is 1. The number of nitrogens with two attached hydrogens (primary N) is 1. The summed E-state index contributed by atoms with van der Waals surface area (Å²) >= 11 is 5.20. The van der Waals surface area contributed by atoms with Crippen molar-refractivity contribution in [3.63, 3.8) is 0 Å². The molecular weight excluding hydrogens is 296 g/mol. The van der Waals surface area contributed by atoms with Crippen LogP contribution in [0.25, 0.3) is 0 Å². The molecule has 0 amide bonds. The van der Waals surface area contributed by atoms with Crippen molar-refractivity contribution >= 4 is 33.4 Å². The highest BCUT2D eigenvalue weighted by molar-refractivity contribution is 9.10. The Bertz CT molecular complexity index is 508. The number of thioether (sulfide) groups is 1. The standard InChI is InChI=1S/C13H13BrN2S/c1-9-4-2-3-5-10(9)8-17-13-11(14)6-16-7-12(13)15/h2-7H,8,15H2,1H3. The molecule has 88 valence electrons. The maximum absolute atomic E-state index is 5.91. The Morgan fingerprint density at radius 3 is 2.76 bits per heavy atom. The van der Waals surface area contributed by atoms with Gasteiger partial charge in [0.15, 0.2) is 0 Å². The zero-order chi connectivity index (χ0) is 12.3. The van der Waals surface area contributed by atoms with Crippen molar-refractivity contribution in [1.29, 1.82) is 0 Å². The molecule has 2 rings (SSSR count). The van der Waals surface area contributed by atoms with Crippen LogP contribution in [0.2, 0.25) is 0 Å². The van der Waals surface area contributed by atoms with Gasteiger partial charge in [0.05, 0.1) is 16.4 Å². The summed E-state index contributed by atoms with van der Waals surface area (Å²) in [5, 5.41) is 0. The predicted octanol–water partition coefficient (Wildman–Crippen LogP) is 4.03. The van der Waals surface area contributed by atoms with Crippen LogP contribution in [-0.4, -0.2) is 4.98 Å². The minimum absolute atomic E-state index is 0.720. The topological polar surface area (TPSA) is 38.9 Å². The predicted molar refractivity (Wildman–Crippen MR) is 77.1 cm³/mol. The van der Waals surface area contributed by atoms with Crippen molar-refractivity contribution in [2.75, 3.05) is 5.73 Å². The number of hydrogen-bond acceptors (Lipinski definition) is 3. The van der Waals surface area contributed by atoms with Gasteiger partial charge in [-0.25, -0.2) is 0 Å². The van der Waals surface area contributed by atoms with Crippen LogP contribution in [0.1, 0.15) is 11.1 Å². The molecular formula is C13H13BrN2S. The molecule has 0 atom stereocenters. The molecule has 2 aromatic rings. The van der Waals surface area contributed by atoms with E-state index in [1.54, 1.807) is 24.2 Å². The summed E-state index contributed by atoms with van der Waals surface area (Å²) in [5.74, 6) is 0.916. The maximum Gasteiger partial charge on any atom is 0.0650 e. The number of nitrogens with zero attached hydrogens (tertiary/aromatic N) is 1. The van der Waals surface area contributed by atoms with Crippen molar-refractivity contribution in [3.8, 4) is 0 Å². The van der Waals surface area contributed by atoms with E-state index >= 15 is 0 Å². The SMILES string of the molecule is Cc1ccccc1CSc1c(N)cncc1Br. The van der Waals surface area contributed by atoms with Crippen LogP contribution in [-0.2, 0) is 5.75 Å². The Morgan fingerprint density at radius 2 is 2.06 bits per heavy atom. The summed E-state index contributed by atoms with van der Waals surface area (Å²) in [5.41, 5.74) is 9.27. The molecule has 0 bridgehead atoms. The summed E-state index contributed by atoms with van der Waals surface area (Å²) in [6.45, 7) is 2.13. The number of aryl methyl sites for hydroxylation is 1. The van der Waals surface area contributed by atoms with Crippen molar-refractivity contribution in [1.82, 2.24) is 4.98 Å². The number of anilines is 1. The number of pyridine rings is 1. The first-order valence-electron chi connectivity index (χ1n) is 5.25. The molecule has 1 aromatic carbocycles. The van der Waals surface area contributed by atoms with Gasteiger partial charge in [0.2, 0.25) is 0 Å². The van der Waals surface area contributed by atoms with Gasteiger partial charge in [0.25, 0.3) is 0 Å². The van der Waals surface area contributed by atoms with Crippen LogP contribution in [0.5, 0.6) is 0 Å². The summed E-state index contributed by atoms with van der Waals surface area (Å²) < 4.78 is 0.955. The molecule has 0 radical (unpaired) electrons. The van der Waals surface area contributed by atoms with E-state index in [-0.39, 0.29) is 0 Å². The highest BCUT2D eigenvalue weighted by Gasteiger charge is 2.06. The van der Waals surface area contributed by atoms with Crippen LogP contribution in [0, 0.1) is 6.92 Å². The molecule has 0 fully saturated rings. The number of halogens is 1. The van der Waals surface area contributed by atoms with E-state index in [4.69, 9.17) is 5.73 Å². The first kappa shape index (κ1) is 12.5. The Balaban J connectivity index is 2.16. The Hall–Kier alpha value is -1.00. The second kappa shape index (κ2) is 5.56. The van der Waals surface area contributed by atoms with Crippen LogP contribution >= 0.6 is 27.7 Å². The van der Waals surface area contributed by atoms with Crippen molar-refractivity contribution in [2.24, 2.45) is 0 Å². The lowest BCUT2D eigenvalue weighted by Gasteiger charge is -2.08. The molecule has 2 N–H and O–H groups in total. The molecule has 0 aliphatic rings. The van der Waals surface area contributed by atoms with Gasteiger partial charge in [0, 0.05) is 16.8 Å². The maximum atomic E-state index is 5.91. The Kier molecular flexibility index (Phi) is 4.07. The molecule has 0 saturated carbocycles. The van der Waals surface area contributed by atoms with Gasteiger partial charge in [-0.3, -0.25) is 4.98 Å². The van der Waals surface area contributed by atoms with Gasteiger partial charge >= 0.3 is 0 Å². The van der Waals surface area contributed by atoms with E-state index in [1.165, 1.54) is 11.1 Å². The molecule has 0 spiro atoms. The smallest absolute Gasteiger partial charge is 0.0650 e. The van der Waals surface area contributed by atoms with Crippen molar-refractivity contribution in [2.45, 2.75) is 17.6 Å². The largest absolute Gasteiger partial charge is 0.397 e. The molecule has 17 heavy (non-hydrogen) atoms. The molecule has 1 aromatic heterocycles. The first-order chi connectivity index (χ1) is 8.18. The van der Waals surface area contributed by atoms with Gasteiger partial charge in [-0.1, -0.05) is 24.3 Å². The van der Waals surface area contributed by atoms with E-state index in [0.29, 0.717) is 0 Å². The lowest BCUT2D eigenvalue weighted by molar-refractivity contribution is 1.23. The fraction of sp³-hybridized carbons (Fsp3) is 0.154. The minimum atomic E-state index is 0.720. The van der Waals surface area contributed by atoms with Gasteiger partial charge in [0.1, 0.15) is 0 Å². The third-order valence-electron chi connectivity index (χ3n) is 2.51. The number of benzene rings is 1. The van der Waals surface area contributed by atoms with E-state index in [0.717, 1.165) is 20.8 Å². The molecule has 0 saturated heterocycles. The highest BCUT2D eigenvalue weighted by atomic mass is 79.9. The zero-order valence-corrected chi connectivity index (χ0v) is 11.9. The fourth-order valence-corrected chi connectivity index (χ4v) is 3.24. The lowest BCUT2D eigenvalue weighted by Crippen LogP contribution is -1.92. The van der Waals surface area contributed by atoms with Crippen LogP contribution in [0.3, 0.4) is 0 Å². The zero-order valence-electron chi connectivity index (χ0n) is 9.48. The molecule has 4 heteroatoms. The van der Waals surface area contributed by atoms with Gasteiger partial charge in [-0.05, 0) is 34.0 Å². The summed E-state index contributed by atoms with van der Waals surface area (Å²) in [7, 11) is 0. The van der Waals surface area contributed by atoms with E-state index in [1.807, 2.05) is 0 Å². The van der Waals surface area contributed by atoms with E-state index < -0.39 is 0 Å².